The molecule has 0 aromatic rings. The fraction of sp³-hybridized carbons (Fsp3) is 1.00. The quantitative estimate of drug-likeness (QED) is 0.558. The largest absolute Gasteiger partial charge is 0.393 e. The highest BCUT2D eigenvalue weighted by atomic mass is 16.7. The molecule has 3 heterocycles. The molecule has 0 spiro atoms. The minimum absolute atomic E-state index is 0.0599. The third-order valence-corrected chi connectivity index (χ3v) is 3.01. The normalized spacial score (nSPS) is 47.6. The molecular weight excluding hydrogens is 216 g/mol. The van der Waals surface area contributed by atoms with Crippen LogP contribution in [0.1, 0.15) is 13.8 Å². The van der Waals surface area contributed by atoms with E-state index in [0.29, 0.717) is 0 Å². The van der Waals surface area contributed by atoms with Gasteiger partial charge in [0, 0.05) is 0 Å². The van der Waals surface area contributed by atoms with E-state index in [0.717, 1.165) is 0 Å². The van der Waals surface area contributed by atoms with Gasteiger partial charge >= 0.3 is 0 Å². The van der Waals surface area contributed by atoms with Crippen molar-refractivity contribution in [3.05, 3.63) is 0 Å². The molecule has 2 bridgehead atoms. The van der Waals surface area contributed by atoms with Crippen LogP contribution in [0, 0.1) is 0 Å². The third-order valence-electron chi connectivity index (χ3n) is 3.01. The van der Waals surface area contributed by atoms with E-state index in [4.69, 9.17) is 14.2 Å². The van der Waals surface area contributed by atoms with Crippen molar-refractivity contribution in [1.82, 2.24) is 0 Å². The Labute approximate surface area is 93.7 Å². The van der Waals surface area contributed by atoms with Crippen LogP contribution in [0.3, 0.4) is 0 Å². The number of aliphatic hydroxyl groups excluding tert-OH is 3. The second kappa shape index (κ2) is 4.21. The Kier molecular flexibility index (Phi) is 3.22. The fourth-order valence-electron chi connectivity index (χ4n) is 2.10. The van der Waals surface area contributed by atoms with Gasteiger partial charge in [0.1, 0.15) is 23.9 Å². The molecule has 0 unspecified atom stereocenters. The van der Waals surface area contributed by atoms with Gasteiger partial charge in [-0.05, 0) is 13.8 Å². The number of rotatable bonds is 3. The van der Waals surface area contributed by atoms with Gasteiger partial charge in [-0.3, -0.25) is 0 Å². The van der Waals surface area contributed by atoms with E-state index in [1.165, 1.54) is 0 Å². The summed E-state index contributed by atoms with van der Waals surface area (Å²) in [5.41, 5.74) is -1.27. The highest BCUT2D eigenvalue weighted by Crippen LogP contribution is 2.38. The Hall–Kier alpha value is -0.240. The summed E-state index contributed by atoms with van der Waals surface area (Å²) in [5, 5.41) is 28.9. The Bertz CT molecular complexity index is 258. The standard InChI is InChI=1S/C10H18O6/c1-5(2)15-9-7-6(12)8(13)10(3-11,16-9)4-14-7/h5-9,11-13H,3-4H2,1-2H3/t6-,7-,8+,9+,10+/m1/s1. The van der Waals surface area contributed by atoms with Crippen LogP contribution in [-0.4, -0.2) is 64.8 Å². The molecule has 6 heteroatoms. The van der Waals surface area contributed by atoms with E-state index in [-0.39, 0.29) is 12.7 Å². The highest BCUT2D eigenvalue weighted by molar-refractivity contribution is 5.04. The van der Waals surface area contributed by atoms with Crippen molar-refractivity contribution in [2.75, 3.05) is 13.2 Å². The van der Waals surface area contributed by atoms with Crippen molar-refractivity contribution in [3.63, 3.8) is 0 Å². The maximum absolute atomic E-state index is 9.80. The van der Waals surface area contributed by atoms with E-state index in [2.05, 4.69) is 0 Å². The van der Waals surface area contributed by atoms with E-state index in [1.807, 2.05) is 13.8 Å². The molecule has 6 nitrogen and oxygen atoms in total. The van der Waals surface area contributed by atoms with Crippen molar-refractivity contribution in [2.45, 2.75) is 50.2 Å². The van der Waals surface area contributed by atoms with Gasteiger partial charge in [0.2, 0.25) is 0 Å². The maximum Gasteiger partial charge on any atom is 0.187 e. The summed E-state index contributed by atoms with van der Waals surface area (Å²) in [7, 11) is 0. The fourth-order valence-corrected chi connectivity index (χ4v) is 2.10. The Balaban J connectivity index is 2.17. The molecule has 3 saturated heterocycles. The van der Waals surface area contributed by atoms with Crippen LogP contribution in [0.2, 0.25) is 0 Å². The Morgan fingerprint density at radius 3 is 2.69 bits per heavy atom. The van der Waals surface area contributed by atoms with Crippen molar-refractivity contribution in [1.29, 1.82) is 0 Å². The molecule has 16 heavy (non-hydrogen) atoms. The van der Waals surface area contributed by atoms with Gasteiger partial charge in [0.05, 0.1) is 19.3 Å². The lowest BCUT2D eigenvalue weighted by Crippen LogP contribution is -2.73. The summed E-state index contributed by atoms with van der Waals surface area (Å²) >= 11 is 0. The zero-order chi connectivity index (χ0) is 11.9. The molecule has 3 aliphatic rings. The monoisotopic (exact) mass is 234 g/mol. The van der Waals surface area contributed by atoms with E-state index >= 15 is 0 Å². The molecular formula is C10H18O6. The lowest BCUT2D eigenvalue weighted by Gasteiger charge is -2.54. The first-order valence-electron chi connectivity index (χ1n) is 5.42. The number of aliphatic hydroxyl groups is 3. The van der Waals surface area contributed by atoms with Gasteiger partial charge in [-0.2, -0.15) is 0 Å². The van der Waals surface area contributed by atoms with E-state index in [9.17, 15) is 15.3 Å². The Morgan fingerprint density at radius 1 is 1.44 bits per heavy atom. The third kappa shape index (κ3) is 1.75. The van der Waals surface area contributed by atoms with Crippen molar-refractivity contribution in [2.24, 2.45) is 0 Å². The van der Waals surface area contributed by atoms with Crippen LogP contribution in [0.4, 0.5) is 0 Å². The van der Waals surface area contributed by atoms with Gasteiger partial charge in [0.25, 0.3) is 0 Å². The Morgan fingerprint density at radius 2 is 2.12 bits per heavy atom. The molecule has 94 valence electrons. The van der Waals surface area contributed by atoms with Gasteiger partial charge in [-0.15, -0.1) is 0 Å². The lowest BCUT2D eigenvalue weighted by molar-refractivity contribution is -0.401. The zero-order valence-corrected chi connectivity index (χ0v) is 9.37. The topological polar surface area (TPSA) is 88.4 Å². The molecule has 3 N–H and O–H groups in total. The second-order valence-electron chi connectivity index (χ2n) is 4.61. The van der Waals surface area contributed by atoms with Crippen LogP contribution in [0.5, 0.6) is 0 Å². The molecule has 0 amide bonds. The maximum atomic E-state index is 9.80. The molecule has 3 aliphatic heterocycles. The summed E-state index contributed by atoms with van der Waals surface area (Å²) in [6, 6.07) is 0. The van der Waals surface area contributed by atoms with Crippen LogP contribution in [-0.2, 0) is 14.2 Å². The smallest absolute Gasteiger partial charge is 0.187 e. The minimum Gasteiger partial charge on any atom is -0.393 e. The van der Waals surface area contributed by atoms with Crippen LogP contribution < -0.4 is 0 Å². The molecule has 0 saturated carbocycles. The molecule has 0 aromatic heterocycles. The van der Waals surface area contributed by atoms with Crippen LogP contribution in [0.15, 0.2) is 0 Å². The van der Waals surface area contributed by atoms with Crippen LogP contribution >= 0.6 is 0 Å². The molecule has 0 aromatic carbocycles. The summed E-state index contributed by atoms with van der Waals surface area (Å²) in [6.45, 7) is 3.31. The molecule has 3 fully saturated rings. The number of hydrogen-bond donors (Lipinski definition) is 3. The van der Waals surface area contributed by atoms with Crippen molar-refractivity contribution >= 4 is 0 Å². The predicted octanol–water partition coefficient (Wildman–Crippen LogP) is -1.38. The molecule has 0 aliphatic carbocycles. The number of fused-ring (bicyclic) bond motifs is 3. The van der Waals surface area contributed by atoms with E-state index in [1.54, 1.807) is 0 Å². The summed E-state index contributed by atoms with van der Waals surface area (Å²) < 4.78 is 16.3. The summed E-state index contributed by atoms with van der Waals surface area (Å²) in [5.74, 6) is 0. The predicted molar refractivity (Wildman–Crippen MR) is 52.7 cm³/mol. The molecule has 0 radical (unpaired) electrons. The first kappa shape index (κ1) is 12.2. The number of hydrogen-bond acceptors (Lipinski definition) is 6. The second-order valence-corrected chi connectivity index (χ2v) is 4.61. The van der Waals surface area contributed by atoms with E-state index < -0.39 is 36.8 Å². The molecule has 5 atom stereocenters. The van der Waals surface area contributed by atoms with Gasteiger partial charge in [-0.25, -0.2) is 0 Å². The molecule has 3 rings (SSSR count). The minimum atomic E-state index is -1.27. The zero-order valence-electron chi connectivity index (χ0n) is 9.37. The first-order chi connectivity index (χ1) is 7.50. The highest BCUT2D eigenvalue weighted by Gasteiger charge is 2.59. The lowest BCUT2D eigenvalue weighted by atomic mass is 9.85. The van der Waals surface area contributed by atoms with Gasteiger partial charge in [-0.1, -0.05) is 0 Å². The average Bonchev–Trinajstić information content (AvgIpc) is 2.24. The first-order valence-corrected chi connectivity index (χ1v) is 5.42. The summed E-state index contributed by atoms with van der Waals surface area (Å²) in [6.07, 6.45) is -3.79. The summed E-state index contributed by atoms with van der Waals surface area (Å²) in [4.78, 5) is 0. The van der Waals surface area contributed by atoms with Crippen molar-refractivity contribution in [3.8, 4) is 0 Å². The van der Waals surface area contributed by atoms with Gasteiger partial charge in [0.15, 0.2) is 6.29 Å². The SMILES string of the molecule is CC(C)O[C@H]1O[C@@]2(CO)CO[C@@H]1[C@@H](O)[C@@H]2O. The van der Waals surface area contributed by atoms with Crippen LogP contribution in [0.25, 0.3) is 0 Å². The average molecular weight is 234 g/mol. The number of ether oxygens (including phenoxy) is 3. The van der Waals surface area contributed by atoms with Gasteiger partial charge < -0.3 is 29.5 Å². The van der Waals surface area contributed by atoms with Crippen molar-refractivity contribution < 1.29 is 29.5 Å².